The van der Waals surface area contributed by atoms with Crippen LogP contribution < -0.4 is 15.5 Å². The number of quaternary nitrogens is 1. The molecule has 0 aromatic heterocycles. The molecule has 2 aromatic carbocycles. The molecule has 0 radical (unpaired) electrons. The van der Waals surface area contributed by atoms with Gasteiger partial charge < -0.3 is 15.0 Å². The molecule has 0 atom stereocenters. The summed E-state index contributed by atoms with van der Waals surface area (Å²) in [6.45, 7) is 4.52. The number of ether oxygens (including phenoxy) is 1. The third-order valence-corrected chi connectivity index (χ3v) is 5.02. The zero-order valence-corrected chi connectivity index (χ0v) is 17.0. The van der Waals surface area contributed by atoms with Gasteiger partial charge in [0.1, 0.15) is 19.6 Å². The monoisotopic (exact) mass is 435 g/mol. The molecule has 0 unspecified atom stereocenters. The number of thiocarbonyl (C=S) groups is 1. The van der Waals surface area contributed by atoms with Crippen molar-refractivity contribution in [2.75, 3.05) is 31.6 Å². The van der Waals surface area contributed by atoms with E-state index in [2.05, 4.69) is 10.6 Å². The molecule has 3 rings (SSSR count). The number of hydrogen-bond acceptors (Lipinski definition) is 5. The summed E-state index contributed by atoms with van der Waals surface area (Å²) in [6, 6.07) is 11.5. The molecule has 0 aliphatic carbocycles. The van der Waals surface area contributed by atoms with E-state index in [4.69, 9.17) is 28.6 Å². The Hall–Kier alpha value is -2.59. The van der Waals surface area contributed by atoms with E-state index in [-0.39, 0.29) is 21.4 Å². The van der Waals surface area contributed by atoms with Gasteiger partial charge in [-0.25, -0.2) is 0 Å². The second kappa shape index (κ2) is 9.75. The summed E-state index contributed by atoms with van der Waals surface area (Å²) in [5, 5.41) is 16.3. The second-order valence-electron chi connectivity index (χ2n) is 6.57. The van der Waals surface area contributed by atoms with Crippen LogP contribution >= 0.6 is 23.8 Å². The molecule has 1 aliphatic heterocycles. The largest absolute Gasteiger partial charge is 0.370 e. The minimum Gasteiger partial charge on any atom is -0.370 e. The van der Waals surface area contributed by atoms with Crippen molar-refractivity contribution in [1.29, 1.82) is 0 Å². The average molecular weight is 436 g/mol. The predicted molar refractivity (Wildman–Crippen MR) is 113 cm³/mol. The van der Waals surface area contributed by atoms with Gasteiger partial charge in [-0.1, -0.05) is 23.7 Å². The van der Waals surface area contributed by atoms with Gasteiger partial charge in [0.05, 0.1) is 28.7 Å². The van der Waals surface area contributed by atoms with Crippen molar-refractivity contribution >= 4 is 46.2 Å². The van der Waals surface area contributed by atoms with Gasteiger partial charge in [0.2, 0.25) is 0 Å². The maximum atomic E-state index is 12.3. The van der Waals surface area contributed by atoms with E-state index in [1.807, 2.05) is 24.3 Å². The first kappa shape index (κ1) is 21.1. The molecule has 1 fully saturated rings. The molecule has 1 heterocycles. The number of halogens is 1. The number of rotatable bonds is 5. The summed E-state index contributed by atoms with van der Waals surface area (Å²) < 4.78 is 5.37. The lowest BCUT2D eigenvalue weighted by atomic mass is 10.2. The fourth-order valence-electron chi connectivity index (χ4n) is 2.97. The molecule has 2 aromatic rings. The summed E-state index contributed by atoms with van der Waals surface area (Å²) in [7, 11) is 0. The van der Waals surface area contributed by atoms with Crippen LogP contribution in [0.3, 0.4) is 0 Å². The number of carbonyl (C=O) groups excluding carboxylic acids is 1. The number of nitrogens with one attached hydrogen (secondary N) is 3. The van der Waals surface area contributed by atoms with Crippen LogP contribution in [0.5, 0.6) is 0 Å². The highest BCUT2D eigenvalue weighted by atomic mass is 35.5. The zero-order valence-electron chi connectivity index (χ0n) is 15.4. The van der Waals surface area contributed by atoms with Crippen molar-refractivity contribution in [2.24, 2.45) is 0 Å². The first-order valence-corrected chi connectivity index (χ1v) is 9.77. The minimum atomic E-state index is -0.579. The highest BCUT2D eigenvalue weighted by molar-refractivity contribution is 7.80. The smallest absolute Gasteiger partial charge is 0.270 e. The maximum absolute atomic E-state index is 12.3. The molecule has 1 aliphatic rings. The molecule has 0 spiro atoms. The maximum Gasteiger partial charge on any atom is 0.270 e. The van der Waals surface area contributed by atoms with Gasteiger partial charge in [0.25, 0.3) is 11.6 Å². The van der Waals surface area contributed by atoms with Crippen LogP contribution in [0.25, 0.3) is 0 Å². The molecule has 152 valence electrons. The zero-order chi connectivity index (χ0) is 20.8. The first-order chi connectivity index (χ1) is 13.9. The Balaban J connectivity index is 1.54. The Morgan fingerprint density at radius 2 is 1.90 bits per heavy atom. The van der Waals surface area contributed by atoms with Gasteiger partial charge in [0.15, 0.2) is 5.11 Å². The SMILES string of the molecule is O=C(NC(=S)Nc1ccc(C[NH+]2CCOCC2)cc1)c1ccc([N+](=O)[O-])cc1Cl. The van der Waals surface area contributed by atoms with Gasteiger partial charge in [-0.05, 0) is 30.4 Å². The lowest BCUT2D eigenvalue weighted by molar-refractivity contribution is -0.921. The fraction of sp³-hybridized carbons (Fsp3) is 0.263. The van der Waals surface area contributed by atoms with E-state index in [9.17, 15) is 14.9 Å². The summed E-state index contributed by atoms with van der Waals surface area (Å²) in [6.07, 6.45) is 0. The van der Waals surface area contributed by atoms with Crippen molar-refractivity contribution in [2.45, 2.75) is 6.54 Å². The number of nitro benzene ring substituents is 1. The van der Waals surface area contributed by atoms with E-state index in [0.717, 1.165) is 44.6 Å². The molecule has 1 saturated heterocycles. The standard InChI is InChI=1S/C19H19ClN4O4S/c20-17-11-15(24(26)27)5-6-16(17)18(25)22-19(29)21-14-3-1-13(2-4-14)12-23-7-9-28-10-8-23/h1-6,11H,7-10,12H2,(H2,21,22,25,29)/p+1. The van der Waals surface area contributed by atoms with E-state index in [0.29, 0.717) is 0 Å². The average Bonchev–Trinajstić information content (AvgIpc) is 2.70. The number of amides is 1. The number of non-ortho nitro benzene ring substituents is 1. The van der Waals surface area contributed by atoms with Crippen molar-refractivity contribution in [3.63, 3.8) is 0 Å². The van der Waals surface area contributed by atoms with Crippen LogP contribution in [0.15, 0.2) is 42.5 Å². The van der Waals surface area contributed by atoms with Crippen molar-refractivity contribution < 1.29 is 19.4 Å². The molecular formula is C19H20ClN4O4S+. The summed E-state index contributed by atoms with van der Waals surface area (Å²) in [5.74, 6) is -0.546. The first-order valence-electron chi connectivity index (χ1n) is 8.99. The fourth-order valence-corrected chi connectivity index (χ4v) is 3.44. The normalized spacial score (nSPS) is 14.2. The highest BCUT2D eigenvalue weighted by Gasteiger charge is 2.16. The summed E-state index contributed by atoms with van der Waals surface area (Å²) in [5.41, 5.74) is 1.86. The third-order valence-electron chi connectivity index (χ3n) is 4.50. The number of benzene rings is 2. The Bertz CT molecular complexity index is 917. The highest BCUT2D eigenvalue weighted by Crippen LogP contribution is 2.22. The predicted octanol–water partition coefficient (Wildman–Crippen LogP) is 1.79. The van der Waals surface area contributed by atoms with Crippen LogP contribution in [0.4, 0.5) is 11.4 Å². The summed E-state index contributed by atoms with van der Waals surface area (Å²) >= 11 is 11.1. The number of nitro groups is 1. The van der Waals surface area contributed by atoms with Gasteiger partial charge in [0, 0.05) is 23.4 Å². The molecule has 0 bridgehead atoms. The minimum absolute atomic E-state index is 0.0190. The molecule has 3 N–H and O–H groups in total. The number of morpholine rings is 1. The molecule has 8 nitrogen and oxygen atoms in total. The Kier molecular flexibility index (Phi) is 7.10. The van der Waals surface area contributed by atoms with Gasteiger partial charge in [-0.3, -0.25) is 20.2 Å². The number of nitrogens with zero attached hydrogens (tertiary/aromatic N) is 1. The van der Waals surface area contributed by atoms with Crippen molar-refractivity contribution in [3.05, 3.63) is 68.7 Å². The Labute approximate surface area is 177 Å². The van der Waals surface area contributed by atoms with Gasteiger partial charge in [-0.15, -0.1) is 0 Å². The van der Waals surface area contributed by atoms with Gasteiger partial charge in [-0.2, -0.15) is 0 Å². The van der Waals surface area contributed by atoms with Crippen LogP contribution in [0.2, 0.25) is 5.02 Å². The molecule has 10 heteroatoms. The Morgan fingerprint density at radius 1 is 1.21 bits per heavy atom. The molecule has 1 amide bonds. The van der Waals surface area contributed by atoms with E-state index in [1.54, 1.807) is 0 Å². The Morgan fingerprint density at radius 3 is 2.52 bits per heavy atom. The van der Waals surface area contributed by atoms with Crippen LogP contribution in [0, 0.1) is 10.1 Å². The van der Waals surface area contributed by atoms with Crippen molar-refractivity contribution in [3.8, 4) is 0 Å². The van der Waals surface area contributed by atoms with E-state index < -0.39 is 10.8 Å². The number of anilines is 1. The van der Waals surface area contributed by atoms with Gasteiger partial charge >= 0.3 is 0 Å². The molecule has 0 saturated carbocycles. The lowest BCUT2D eigenvalue weighted by Gasteiger charge is -2.23. The third kappa shape index (κ3) is 5.94. The van der Waals surface area contributed by atoms with Crippen LogP contribution in [-0.4, -0.2) is 42.2 Å². The van der Waals surface area contributed by atoms with E-state index in [1.165, 1.54) is 22.6 Å². The van der Waals surface area contributed by atoms with Crippen LogP contribution in [0.1, 0.15) is 15.9 Å². The molecular weight excluding hydrogens is 416 g/mol. The number of carbonyl (C=O) groups is 1. The quantitative estimate of drug-likeness (QED) is 0.376. The van der Waals surface area contributed by atoms with Crippen LogP contribution in [-0.2, 0) is 11.3 Å². The lowest BCUT2D eigenvalue weighted by Crippen LogP contribution is -3.12. The topological polar surface area (TPSA) is 97.9 Å². The second-order valence-corrected chi connectivity index (χ2v) is 7.38. The number of hydrogen-bond donors (Lipinski definition) is 3. The summed E-state index contributed by atoms with van der Waals surface area (Å²) in [4.78, 5) is 24.0. The van der Waals surface area contributed by atoms with E-state index >= 15 is 0 Å². The van der Waals surface area contributed by atoms with Crippen molar-refractivity contribution in [1.82, 2.24) is 5.32 Å². The molecule has 29 heavy (non-hydrogen) atoms.